The van der Waals surface area contributed by atoms with Gasteiger partial charge >= 0.3 is 5.97 Å². The Morgan fingerprint density at radius 3 is 2.26 bits per heavy atom. The van der Waals surface area contributed by atoms with Crippen molar-refractivity contribution < 1.29 is 32.3 Å². The third-order valence-electron chi connectivity index (χ3n) is 5.91. The van der Waals surface area contributed by atoms with Crippen LogP contribution in [-0.4, -0.2) is 67.4 Å². The molecule has 0 spiro atoms. The highest BCUT2D eigenvalue weighted by molar-refractivity contribution is 7.89. The standard InChI is InChI=1S/C24H24N2O7S/c1-16-4-9-19-20(14-16)24(30)26(23(19)29)13-10-22(28)33-15-21(27)17-5-7-18(8-6-17)34(31,32)25-11-2-3-12-25/h4-9,14H,2-3,10-13,15H2,1H3. The predicted octanol–water partition coefficient (Wildman–Crippen LogP) is 2.19. The normalized spacial score (nSPS) is 16.1. The van der Waals surface area contributed by atoms with Gasteiger partial charge < -0.3 is 4.74 Å². The molecule has 0 bridgehead atoms. The Kier molecular flexibility index (Phi) is 6.63. The summed E-state index contributed by atoms with van der Waals surface area (Å²) < 4.78 is 31.5. The van der Waals surface area contributed by atoms with Gasteiger partial charge in [0.05, 0.1) is 22.4 Å². The lowest BCUT2D eigenvalue weighted by Crippen LogP contribution is -2.32. The second-order valence-electron chi connectivity index (χ2n) is 8.28. The summed E-state index contributed by atoms with van der Waals surface area (Å²) in [6, 6.07) is 10.5. The van der Waals surface area contributed by atoms with Gasteiger partial charge in [-0.1, -0.05) is 11.6 Å². The predicted molar refractivity (Wildman–Crippen MR) is 121 cm³/mol. The second-order valence-corrected chi connectivity index (χ2v) is 10.2. The van der Waals surface area contributed by atoms with Crippen molar-refractivity contribution in [3.05, 3.63) is 64.7 Å². The number of aryl methyl sites for hydroxylation is 1. The molecule has 0 aliphatic carbocycles. The molecule has 0 aromatic heterocycles. The van der Waals surface area contributed by atoms with Gasteiger partial charge in [0.25, 0.3) is 11.8 Å². The lowest BCUT2D eigenvalue weighted by Gasteiger charge is -2.15. The number of rotatable bonds is 8. The maximum absolute atomic E-state index is 12.6. The Morgan fingerprint density at radius 2 is 1.59 bits per heavy atom. The van der Waals surface area contributed by atoms with Gasteiger partial charge in [-0.05, 0) is 56.2 Å². The maximum atomic E-state index is 12.6. The number of ether oxygens (including phenoxy) is 1. The minimum Gasteiger partial charge on any atom is -0.457 e. The summed E-state index contributed by atoms with van der Waals surface area (Å²) in [6.45, 7) is 2.10. The fraction of sp³-hybridized carbons (Fsp3) is 0.333. The third kappa shape index (κ3) is 4.64. The topological polar surface area (TPSA) is 118 Å². The van der Waals surface area contributed by atoms with Gasteiger partial charge in [0.15, 0.2) is 12.4 Å². The number of sulfonamides is 1. The van der Waals surface area contributed by atoms with Crippen LogP contribution in [-0.2, 0) is 19.6 Å². The number of Topliss-reactive ketones (excluding diaryl/α,β-unsaturated/α-hetero) is 1. The van der Waals surface area contributed by atoms with Crippen LogP contribution in [0.25, 0.3) is 0 Å². The Hall–Kier alpha value is -3.37. The molecule has 2 heterocycles. The lowest BCUT2D eigenvalue weighted by atomic mass is 10.1. The van der Waals surface area contributed by atoms with Gasteiger partial charge in [0, 0.05) is 25.2 Å². The average Bonchev–Trinajstić information content (AvgIpc) is 3.45. The molecule has 2 aromatic rings. The molecule has 10 heteroatoms. The number of nitrogens with zero attached hydrogens (tertiary/aromatic N) is 2. The van der Waals surface area contributed by atoms with Gasteiger partial charge in [-0.25, -0.2) is 8.42 Å². The summed E-state index contributed by atoms with van der Waals surface area (Å²) >= 11 is 0. The van der Waals surface area contributed by atoms with Crippen LogP contribution in [0.3, 0.4) is 0 Å². The molecule has 34 heavy (non-hydrogen) atoms. The van der Waals surface area contributed by atoms with E-state index in [-0.39, 0.29) is 23.4 Å². The molecule has 0 N–H and O–H groups in total. The zero-order chi connectivity index (χ0) is 24.5. The molecule has 2 amide bonds. The molecular formula is C24H24N2O7S. The molecule has 1 fully saturated rings. The van der Waals surface area contributed by atoms with E-state index < -0.39 is 40.2 Å². The van der Waals surface area contributed by atoms with Gasteiger partial charge in [-0.3, -0.25) is 24.1 Å². The summed E-state index contributed by atoms with van der Waals surface area (Å²) in [6.07, 6.45) is 1.41. The van der Waals surface area contributed by atoms with Crippen molar-refractivity contribution >= 4 is 33.6 Å². The zero-order valence-electron chi connectivity index (χ0n) is 18.7. The molecule has 0 atom stereocenters. The van der Waals surface area contributed by atoms with E-state index in [4.69, 9.17) is 4.74 Å². The van der Waals surface area contributed by atoms with Crippen LogP contribution < -0.4 is 0 Å². The summed E-state index contributed by atoms with van der Waals surface area (Å²) in [5.41, 5.74) is 1.67. The van der Waals surface area contributed by atoms with E-state index in [1.54, 1.807) is 18.2 Å². The molecule has 4 rings (SSSR count). The van der Waals surface area contributed by atoms with Crippen molar-refractivity contribution in [2.45, 2.75) is 31.1 Å². The van der Waals surface area contributed by atoms with Crippen molar-refractivity contribution in [3.8, 4) is 0 Å². The van der Waals surface area contributed by atoms with E-state index in [1.165, 1.54) is 28.6 Å². The minimum absolute atomic E-state index is 0.110. The summed E-state index contributed by atoms with van der Waals surface area (Å²) in [5, 5.41) is 0. The Bertz CT molecular complexity index is 1260. The summed E-state index contributed by atoms with van der Waals surface area (Å²) in [5.74, 6) is -2.15. The first-order valence-corrected chi connectivity index (χ1v) is 12.4. The van der Waals surface area contributed by atoms with Crippen molar-refractivity contribution in [3.63, 3.8) is 0 Å². The number of carbonyl (C=O) groups excluding carboxylic acids is 4. The number of hydrogen-bond donors (Lipinski definition) is 0. The molecule has 2 aliphatic rings. The van der Waals surface area contributed by atoms with Gasteiger partial charge in [0.2, 0.25) is 10.0 Å². The largest absolute Gasteiger partial charge is 0.457 e. The van der Waals surface area contributed by atoms with Gasteiger partial charge in [0.1, 0.15) is 0 Å². The van der Waals surface area contributed by atoms with Crippen LogP contribution in [0.15, 0.2) is 47.4 Å². The van der Waals surface area contributed by atoms with Crippen LogP contribution in [0.4, 0.5) is 0 Å². The highest BCUT2D eigenvalue weighted by Crippen LogP contribution is 2.24. The highest BCUT2D eigenvalue weighted by atomic mass is 32.2. The average molecular weight is 485 g/mol. The SMILES string of the molecule is Cc1ccc2c(c1)C(=O)N(CCC(=O)OCC(=O)c1ccc(S(=O)(=O)N3CCCC3)cc1)C2=O. The molecule has 2 aromatic carbocycles. The Morgan fingerprint density at radius 1 is 0.941 bits per heavy atom. The van der Waals surface area contributed by atoms with E-state index >= 15 is 0 Å². The monoisotopic (exact) mass is 484 g/mol. The van der Waals surface area contributed by atoms with Crippen LogP contribution in [0.1, 0.15) is 55.9 Å². The van der Waals surface area contributed by atoms with Gasteiger partial charge in [-0.15, -0.1) is 0 Å². The molecule has 0 saturated carbocycles. The molecule has 0 unspecified atom stereocenters. The smallest absolute Gasteiger partial charge is 0.308 e. The van der Waals surface area contributed by atoms with Gasteiger partial charge in [-0.2, -0.15) is 4.31 Å². The summed E-state index contributed by atoms with van der Waals surface area (Å²) in [4.78, 5) is 50.4. The first-order chi connectivity index (χ1) is 16.2. The fourth-order valence-corrected chi connectivity index (χ4v) is 5.52. The molecule has 178 valence electrons. The molecule has 1 saturated heterocycles. The second kappa shape index (κ2) is 9.47. The fourth-order valence-electron chi connectivity index (χ4n) is 4.00. The van der Waals surface area contributed by atoms with Crippen LogP contribution in [0.5, 0.6) is 0 Å². The van der Waals surface area contributed by atoms with Crippen LogP contribution in [0.2, 0.25) is 0 Å². The van der Waals surface area contributed by atoms with Crippen molar-refractivity contribution in [2.24, 2.45) is 0 Å². The number of esters is 1. The van der Waals surface area contributed by atoms with E-state index in [2.05, 4.69) is 0 Å². The van der Waals surface area contributed by atoms with E-state index in [0.717, 1.165) is 23.3 Å². The first-order valence-electron chi connectivity index (χ1n) is 10.9. The third-order valence-corrected chi connectivity index (χ3v) is 7.82. The van der Waals surface area contributed by atoms with E-state index in [9.17, 15) is 27.6 Å². The van der Waals surface area contributed by atoms with Crippen molar-refractivity contribution in [2.75, 3.05) is 26.2 Å². The minimum atomic E-state index is -3.58. The lowest BCUT2D eigenvalue weighted by molar-refractivity contribution is -0.142. The number of fused-ring (bicyclic) bond motifs is 1. The number of hydrogen-bond acceptors (Lipinski definition) is 7. The molecule has 0 radical (unpaired) electrons. The quantitative estimate of drug-likeness (QED) is 0.320. The summed E-state index contributed by atoms with van der Waals surface area (Å²) in [7, 11) is -3.58. The highest BCUT2D eigenvalue weighted by Gasteiger charge is 2.35. The van der Waals surface area contributed by atoms with Crippen LogP contribution >= 0.6 is 0 Å². The zero-order valence-corrected chi connectivity index (χ0v) is 19.5. The molecule has 2 aliphatic heterocycles. The number of benzene rings is 2. The number of ketones is 1. The molecule has 9 nitrogen and oxygen atoms in total. The molecular weight excluding hydrogens is 460 g/mol. The number of amides is 2. The number of imide groups is 1. The van der Waals surface area contributed by atoms with E-state index in [1.807, 2.05) is 6.92 Å². The Balaban J connectivity index is 1.28. The Labute approximate surface area is 197 Å². The maximum Gasteiger partial charge on any atom is 0.308 e. The first kappa shape index (κ1) is 23.8. The van der Waals surface area contributed by atoms with Crippen LogP contribution in [0, 0.1) is 6.92 Å². The van der Waals surface area contributed by atoms with E-state index in [0.29, 0.717) is 24.2 Å². The van der Waals surface area contributed by atoms with Crippen molar-refractivity contribution in [1.29, 1.82) is 0 Å². The number of carbonyl (C=O) groups is 4. The van der Waals surface area contributed by atoms with Crippen molar-refractivity contribution in [1.82, 2.24) is 9.21 Å².